The molecule has 0 aliphatic heterocycles. The standard InChI is InChI=1S/C49H34N2O/c1-49(2)42-23-8-6-17-37(42)39-20-11-19-36(46(39)49)34-15-10-16-35(29-34)44-30-43(33-27-25-32(26-28-33)31-13-4-3-5-14-31)50-48(51-44)41-22-12-21-40-38-18-7-9-24-45(38)52-47(40)41/h3-30H,1-2H3. The molecule has 3 nitrogen and oxygen atoms in total. The van der Waals surface area contributed by atoms with Crippen LogP contribution in [-0.2, 0) is 5.41 Å². The lowest BCUT2D eigenvalue weighted by molar-refractivity contribution is 0.662. The topological polar surface area (TPSA) is 38.9 Å². The molecule has 3 heteroatoms. The average Bonchev–Trinajstić information content (AvgIpc) is 3.70. The van der Waals surface area contributed by atoms with Crippen molar-refractivity contribution in [2.45, 2.75) is 19.3 Å². The fourth-order valence-electron chi connectivity index (χ4n) is 8.19. The molecule has 0 amide bonds. The van der Waals surface area contributed by atoms with Gasteiger partial charge in [0, 0.05) is 27.3 Å². The summed E-state index contributed by atoms with van der Waals surface area (Å²) in [6.45, 7) is 4.69. The molecule has 246 valence electrons. The lowest BCUT2D eigenvalue weighted by Crippen LogP contribution is -2.16. The highest BCUT2D eigenvalue weighted by Gasteiger charge is 2.37. The molecule has 0 fully saturated rings. The van der Waals surface area contributed by atoms with E-state index < -0.39 is 0 Å². The van der Waals surface area contributed by atoms with Crippen LogP contribution in [0.1, 0.15) is 25.0 Å². The Balaban J connectivity index is 1.14. The van der Waals surface area contributed by atoms with Crippen molar-refractivity contribution in [3.63, 3.8) is 0 Å². The molecule has 1 aliphatic rings. The van der Waals surface area contributed by atoms with Gasteiger partial charge in [0.1, 0.15) is 11.2 Å². The van der Waals surface area contributed by atoms with Gasteiger partial charge >= 0.3 is 0 Å². The number of fused-ring (bicyclic) bond motifs is 6. The van der Waals surface area contributed by atoms with E-state index in [1.807, 2.05) is 24.3 Å². The van der Waals surface area contributed by atoms with Gasteiger partial charge < -0.3 is 4.42 Å². The van der Waals surface area contributed by atoms with E-state index in [1.54, 1.807) is 0 Å². The van der Waals surface area contributed by atoms with E-state index in [2.05, 4.69) is 159 Å². The molecule has 10 rings (SSSR count). The summed E-state index contributed by atoms with van der Waals surface area (Å²) in [7, 11) is 0. The maximum Gasteiger partial charge on any atom is 0.164 e. The fourth-order valence-corrected chi connectivity index (χ4v) is 8.19. The van der Waals surface area contributed by atoms with E-state index in [0.29, 0.717) is 5.82 Å². The molecule has 2 heterocycles. The van der Waals surface area contributed by atoms with Gasteiger partial charge in [0.2, 0.25) is 0 Å². The van der Waals surface area contributed by atoms with E-state index in [1.165, 1.54) is 44.5 Å². The number of para-hydroxylation sites is 2. The molecule has 0 N–H and O–H groups in total. The van der Waals surface area contributed by atoms with Crippen LogP contribution >= 0.6 is 0 Å². The maximum absolute atomic E-state index is 6.48. The van der Waals surface area contributed by atoms with Crippen LogP contribution in [0.3, 0.4) is 0 Å². The lowest BCUT2D eigenvalue weighted by atomic mass is 9.78. The summed E-state index contributed by atoms with van der Waals surface area (Å²) in [5.41, 5.74) is 16.3. The van der Waals surface area contributed by atoms with Gasteiger partial charge in [0.05, 0.1) is 17.0 Å². The highest BCUT2D eigenvalue weighted by molar-refractivity contribution is 6.09. The van der Waals surface area contributed by atoms with Crippen LogP contribution in [0.15, 0.2) is 174 Å². The van der Waals surface area contributed by atoms with Gasteiger partial charge in [-0.05, 0) is 68.8 Å². The predicted molar refractivity (Wildman–Crippen MR) is 214 cm³/mol. The average molecular weight is 667 g/mol. The number of hydrogen-bond acceptors (Lipinski definition) is 3. The Morgan fingerprint density at radius 2 is 1.00 bits per heavy atom. The lowest BCUT2D eigenvalue weighted by Gasteiger charge is -2.24. The van der Waals surface area contributed by atoms with Gasteiger partial charge in [-0.1, -0.05) is 159 Å². The van der Waals surface area contributed by atoms with Crippen LogP contribution in [-0.4, -0.2) is 9.97 Å². The third kappa shape index (κ3) is 4.81. The Hall–Kier alpha value is -6.58. The summed E-state index contributed by atoms with van der Waals surface area (Å²) < 4.78 is 6.48. The Bertz CT molecular complexity index is 2810. The van der Waals surface area contributed by atoms with Crippen molar-refractivity contribution < 1.29 is 4.42 Å². The van der Waals surface area contributed by atoms with E-state index in [0.717, 1.165) is 50.0 Å². The summed E-state index contributed by atoms with van der Waals surface area (Å²) in [6.07, 6.45) is 0. The summed E-state index contributed by atoms with van der Waals surface area (Å²) in [5.74, 6) is 0.631. The second-order valence-corrected chi connectivity index (χ2v) is 14.2. The molecule has 0 spiro atoms. The number of hydrogen-bond donors (Lipinski definition) is 0. The van der Waals surface area contributed by atoms with E-state index in [4.69, 9.17) is 14.4 Å². The Morgan fingerprint density at radius 1 is 0.423 bits per heavy atom. The van der Waals surface area contributed by atoms with Crippen molar-refractivity contribution in [3.8, 4) is 67.3 Å². The van der Waals surface area contributed by atoms with Crippen molar-refractivity contribution in [3.05, 3.63) is 181 Å². The second kappa shape index (κ2) is 11.8. The molecule has 0 atom stereocenters. The summed E-state index contributed by atoms with van der Waals surface area (Å²) in [5, 5.41) is 2.14. The minimum Gasteiger partial charge on any atom is -0.455 e. The SMILES string of the molecule is CC1(C)c2ccccc2-c2cccc(-c3cccc(-c4cc(-c5ccc(-c6ccccc6)cc5)nc(-c5cccc6c5oc5ccccc56)n4)c3)c21. The largest absolute Gasteiger partial charge is 0.455 e. The molecule has 0 unspecified atom stereocenters. The molecular formula is C49H34N2O. The van der Waals surface area contributed by atoms with Crippen molar-refractivity contribution in [1.29, 1.82) is 0 Å². The van der Waals surface area contributed by atoms with Crippen LogP contribution in [0.25, 0.3) is 89.2 Å². The van der Waals surface area contributed by atoms with Gasteiger partial charge in [0.25, 0.3) is 0 Å². The number of aromatic nitrogens is 2. The first-order valence-corrected chi connectivity index (χ1v) is 17.8. The van der Waals surface area contributed by atoms with Crippen molar-refractivity contribution >= 4 is 21.9 Å². The molecule has 2 aromatic heterocycles. The third-order valence-electron chi connectivity index (χ3n) is 10.7. The van der Waals surface area contributed by atoms with Crippen LogP contribution in [0, 0.1) is 0 Å². The van der Waals surface area contributed by atoms with Crippen LogP contribution in [0.5, 0.6) is 0 Å². The van der Waals surface area contributed by atoms with E-state index in [9.17, 15) is 0 Å². The molecule has 0 saturated heterocycles. The number of benzene rings is 7. The van der Waals surface area contributed by atoms with Gasteiger partial charge in [-0.15, -0.1) is 0 Å². The van der Waals surface area contributed by atoms with Crippen molar-refractivity contribution in [1.82, 2.24) is 9.97 Å². The number of furan rings is 1. The van der Waals surface area contributed by atoms with Crippen molar-refractivity contribution in [2.75, 3.05) is 0 Å². The molecule has 0 saturated carbocycles. The van der Waals surface area contributed by atoms with Crippen molar-refractivity contribution in [2.24, 2.45) is 0 Å². The zero-order chi connectivity index (χ0) is 34.8. The summed E-state index contributed by atoms with van der Waals surface area (Å²) in [4.78, 5) is 10.5. The zero-order valence-electron chi connectivity index (χ0n) is 29.0. The van der Waals surface area contributed by atoms with Crippen LogP contribution in [0.2, 0.25) is 0 Å². The normalized spacial score (nSPS) is 13.0. The first-order valence-electron chi connectivity index (χ1n) is 17.8. The van der Waals surface area contributed by atoms with E-state index in [-0.39, 0.29) is 5.41 Å². The first-order chi connectivity index (χ1) is 25.5. The number of rotatable bonds is 5. The summed E-state index contributed by atoms with van der Waals surface area (Å²) >= 11 is 0. The monoisotopic (exact) mass is 666 g/mol. The molecule has 7 aromatic carbocycles. The quantitative estimate of drug-likeness (QED) is 0.183. The predicted octanol–water partition coefficient (Wildman–Crippen LogP) is 13.0. The van der Waals surface area contributed by atoms with Gasteiger partial charge in [-0.25, -0.2) is 9.97 Å². The maximum atomic E-state index is 6.48. The molecule has 9 aromatic rings. The Kier molecular flexibility index (Phi) is 6.84. The molecule has 1 aliphatic carbocycles. The molecule has 0 bridgehead atoms. The van der Waals surface area contributed by atoms with Crippen LogP contribution in [0.4, 0.5) is 0 Å². The first kappa shape index (κ1) is 30.3. The zero-order valence-corrected chi connectivity index (χ0v) is 29.0. The molecule has 52 heavy (non-hydrogen) atoms. The van der Waals surface area contributed by atoms with Gasteiger partial charge in [-0.3, -0.25) is 0 Å². The smallest absolute Gasteiger partial charge is 0.164 e. The highest BCUT2D eigenvalue weighted by atomic mass is 16.3. The molecule has 0 radical (unpaired) electrons. The Morgan fingerprint density at radius 3 is 1.87 bits per heavy atom. The fraction of sp³-hybridized carbons (Fsp3) is 0.0612. The molecular weight excluding hydrogens is 633 g/mol. The minimum absolute atomic E-state index is 0.120. The second-order valence-electron chi connectivity index (χ2n) is 14.2. The Labute approximate surface area is 302 Å². The summed E-state index contributed by atoms with van der Waals surface area (Å²) in [6, 6.07) is 60.0. The number of nitrogens with zero attached hydrogens (tertiary/aromatic N) is 2. The highest BCUT2D eigenvalue weighted by Crippen LogP contribution is 2.52. The van der Waals surface area contributed by atoms with E-state index >= 15 is 0 Å². The minimum atomic E-state index is -0.120. The van der Waals surface area contributed by atoms with Crippen LogP contribution < -0.4 is 0 Å². The third-order valence-corrected chi connectivity index (χ3v) is 10.7. The van der Waals surface area contributed by atoms with Gasteiger partial charge in [-0.2, -0.15) is 0 Å². The van der Waals surface area contributed by atoms with Gasteiger partial charge in [0.15, 0.2) is 5.82 Å².